The van der Waals surface area contributed by atoms with Crippen LogP contribution in [0.5, 0.6) is 5.75 Å². The maximum absolute atomic E-state index is 13.0. The van der Waals surface area contributed by atoms with Gasteiger partial charge in [0.25, 0.3) is 5.91 Å². The van der Waals surface area contributed by atoms with Crippen molar-refractivity contribution < 1.29 is 9.53 Å². The van der Waals surface area contributed by atoms with E-state index in [1.54, 1.807) is 15.8 Å². The number of fused-ring (bicyclic) bond motifs is 1. The highest BCUT2D eigenvalue weighted by Crippen LogP contribution is 2.39. The molecule has 3 rings (SSSR count). The summed E-state index contributed by atoms with van der Waals surface area (Å²) in [5, 5.41) is 8.16. The number of halogens is 1. The molecule has 1 aromatic carbocycles. The summed E-state index contributed by atoms with van der Waals surface area (Å²) in [7, 11) is 0. The van der Waals surface area contributed by atoms with E-state index in [1.165, 1.54) is 0 Å². The van der Waals surface area contributed by atoms with E-state index in [4.69, 9.17) is 4.74 Å². The highest BCUT2D eigenvalue weighted by Gasteiger charge is 2.36. The molecular formula is C17H21BrN4O2. The lowest BCUT2D eigenvalue weighted by molar-refractivity contribution is 0.0833. The minimum atomic E-state index is -0.483. The Bertz CT molecular complexity index is 792. The van der Waals surface area contributed by atoms with Gasteiger partial charge in [0.15, 0.2) is 5.69 Å². The summed E-state index contributed by atoms with van der Waals surface area (Å²) in [5.41, 5.74) is 0.367. The van der Waals surface area contributed by atoms with Gasteiger partial charge in [0.05, 0.1) is 24.0 Å². The van der Waals surface area contributed by atoms with Gasteiger partial charge < -0.3 is 4.74 Å². The van der Waals surface area contributed by atoms with Gasteiger partial charge in [0.1, 0.15) is 11.4 Å². The number of aromatic nitrogens is 3. The standard InChI is InChI=1S/C17H21BrN4O2/c1-16(2,3)22-9-12(19-20-22)15(23)21-10-17(4,5)24-14-8-11(18)6-7-13(14)21/h6-9H,10H2,1-5H3. The molecule has 1 aliphatic rings. The Morgan fingerprint density at radius 2 is 2.04 bits per heavy atom. The summed E-state index contributed by atoms with van der Waals surface area (Å²) in [6, 6.07) is 5.65. The molecule has 0 unspecified atom stereocenters. The van der Waals surface area contributed by atoms with Crippen molar-refractivity contribution >= 4 is 27.5 Å². The number of rotatable bonds is 1. The first-order chi connectivity index (χ1) is 11.1. The molecule has 7 heteroatoms. The number of carbonyl (C=O) groups is 1. The first-order valence-corrected chi connectivity index (χ1v) is 8.59. The lowest BCUT2D eigenvalue weighted by Gasteiger charge is -2.39. The number of hydrogen-bond donors (Lipinski definition) is 0. The summed E-state index contributed by atoms with van der Waals surface area (Å²) in [6.07, 6.45) is 1.70. The molecule has 0 saturated carbocycles. The second-order valence-corrected chi connectivity index (χ2v) is 8.50. The van der Waals surface area contributed by atoms with Crippen LogP contribution >= 0.6 is 15.9 Å². The molecule has 0 N–H and O–H groups in total. The van der Waals surface area contributed by atoms with Crippen molar-refractivity contribution in [3.05, 3.63) is 34.6 Å². The fraction of sp³-hybridized carbons (Fsp3) is 0.471. The molecule has 1 aliphatic heterocycles. The lowest BCUT2D eigenvalue weighted by atomic mass is 10.0. The van der Waals surface area contributed by atoms with Crippen LogP contribution in [0.2, 0.25) is 0 Å². The van der Waals surface area contributed by atoms with Gasteiger partial charge in [-0.1, -0.05) is 21.1 Å². The predicted molar refractivity (Wildman–Crippen MR) is 95.5 cm³/mol. The Hall–Kier alpha value is -1.89. The van der Waals surface area contributed by atoms with Crippen molar-refractivity contribution in [3.8, 4) is 5.75 Å². The average Bonchev–Trinajstić information content (AvgIpc) is 2.94. The van der Waals surface area contributed by atoms with E-state index in [9.17, 15) is 4.79 Å². The van der Waals surface area contributed by atoms with Gasteiger partial charge in [0, 0.05) is 4.47 Å². The van der Waals surface area contributed by atoms with Gasteiger partial charge >= 0.3 is 0 Å². The highest BCUT2D eigenvalue weighted by molar-refractivity contribution is 9.10. The molecule has 0 atom stereocenters. The summed E-state index contributed by atoms with van der Waals surface area (Å²) >= 11 is 3.45. The summed E-state index contributed by atoms with van der Waals surface area (Å²) in [4.78, 5) is 14.7. The molecule has 0 radical (unpaired) electrons. The summed E-state index contributed by atoms with van der Waals surface area (Å²) in [5.74, 6) is 0.502. The molecule has 0 bridgehead atoms. The zero-order valence-corrected chi connectivity index (χ0v) is 16.1. The molecular weight excluding hydrogens is 372 g/mol. The largest absolute Gasteiger partial charge is 0.484 e. The Morgan fingerprint density at radius 1 is 1.33 bits per heavy atom. The Labute approximate surface area is 149 Å². The first-order valence-electron chi connectivity index (χ1n) is 7.80. The van der Waals surface area contributed by atoms with E-state index in [1.807, 2.05) is 52.8 Å². The van der Waals surface area contributed by atoms with Crippen molar-refractivity contribution in [3.63, 3.8) is 0 Å². The number of anilines is 1. The third-order valence-electron chi connectivity index (χ3n) is 3.78. The predicted octanol–water partition coefficient (Wildman–Crippen LogP) is 3.61. The fourth-order valence-corrected chi connectivity index (χ4v) is 2.94. The van der Waals surface area contributed by atoms with E-state index in [0.717, 1.165) is 10.2 Å². The Balaban J connectivity index is 1.99. The molecule has 0 saturated heterocycles. The van der Waals surface area contributed by atoms with Crippen LogP contribution in [0.25, 0.3) is 0 Å². The molecule has 24 heavy (non-hydrogen) atoms. The number of hydrogen-bond acceptors (Lipinski definition) is 4. The van der Waals surface area contributed by atoms with Gasteiger partial charge in [0.2, 0.25) is 0 Å². The monoisotopic (exact) mass is 392 g/mol. The van der Waals surface area contributed by atoms with Crippen LogP contribution in [0.15, 0.2) is 28.9 Å². The molecule has 0 spiro atoms. The van der Waals surface area contributed by atoms with E-state index >= 15 is 0 Å². The number of carbonyl (C=O) groups excluding carboxylic acids is 1. The van der Waals surface area contributed by atoms with Crippen LogP contribution in [-0.4, -0.2) is 33.0 Å². The Kier molecular flexibility index (Phi) is 3.94. The van der Waals surface area contributed by atoms with Crippen LogP contribution in [-0.2, 0) is 5.54 Å². The SMILES string of the molecule is CC1(C)CN(C(=O)c2cn(C(C)(C)C)nn2)c2ccc(Br)cc2O1. The summed E-state index contributed by atoms with van der Waals surface area (Å²) in [6.45, 7) is 10.4. The van der Waals surface area contributed by atoms with Crippen molar-refractivity contribution in [2.75, 3.05) is 11.4 Å². The van der Waals surface area contributed by atoms with Gasteiger partial charge in [-0.25, -0.2) is 4.68 Å². The van der Waals surface area contributed by atoms with Crippen LogP contribution in [0.4, 0.5) is 5.69 Å². The van der Waals surface area contributed by atoms with E-state index < -0.39 is 5.60 Å². The van der Waals surface area contributed by atoms with E-state index in [-0.39, 0.29) is 11.4 Å². The van der Waals surface area contributed by atoms with Gasteiger partial charge in [-0.15, -0.1) is 5.10 Å². The lowest BCUT2D eigenvalue weighted by Crippen LogP contribution is -2.49. The fourth-order valence-electron chi connectivity index (χ4n) is 2.60. The number of amides is 1. The maximum atomic E-state index is 13.0. The molecule has 128 valence electrons. The molecule has 2 heterocycles. The quantitative estimate of drug-likeness (QED) is 0.743. The molecule has 0 fully saturated rings. The number of nitrogens with zero attached hydrogens (tertiary/aromatic N) is 4. The molecule has 2 aromatic rings. The van der Waals surface area contributed by atoms with Crippen LogP contribution in [0, 0.1) is 0 Å². The molecule has 0 aliphatic carbocycles. The number of ether oxygens (including phenoxy) is 1. The number of benzene rings is 1. The van der Waals surface area contributed by atoms with Crippen molar-refractivity contribution in [1.29, 1.82) is 0 Å². The Morgan fingerprint density at radius 3 is 2.67 bits per heavy atom. The molecule has 6 nitrogen and oxygen atoms in total. The average molecular weight is 393 g/mol. The van der Waals surface area contributed by atoms with Gasteiger partial charge in [-0.2, -0.15) is 0 Å². The van der Waals surface area contributed by atoms with Crippen molar-refractivity contribution in [2.24, 2.45) is 0 Å². The first kappa shape index (κ1) is 17.0. The molecule has 1 amide bonds. The van der Waals surface area contributed by atoms with Crippen molar-refractivity contribution in [1.82, 2.24) is 15.0 Å². The normalized spacial score (nSPS) is 16.5. The second kappa shape index (κ2) is 5.58. The maximum Gasteiger partial charge on any atom is 0.280 e. The van der Waals surface area contributed by atoms with Crippen LogP contribution in [0.3, 0.4) is 0 Å². The van der Waals surface area contributed by atoms with E-state index in [2.05, 4.69) is 26.2 Å². The third-order valence-corrected chi connectivity index (χ3v) is 4.28. The smallest absolute Gasteiger partial charge is 0.280 e. The highest BCUT2D eigenvalue weighted by atomic mass is 79.9. The van der Waals surface area contributed by atoms with Gasteiger partial charge in [-0.3, -0.25) is 9.69 Å². The third kappa shape index (κ3) is 3.17. The minimum absolute atomic E-state index is 0.176. The summed E-state index contributed by atoms with van der Waals surface area (Å²) < 4.78 is 8.62. The minimum Gasteiger partial charge on any atom is -0.484 e. The zero-order valence-electron chi connectivity index (χ0n) is 14.5. The van der Waals surface area contributed by atoms with Crippen LogP contribution < -0.4 is 9.64 Å². The molecule has 1 aromatic heterocycles. The van der Waals surface area contributed by atoms with Gasteiger partial charge in [-0.05, 0) is 52.8 Å². The zero-order chi connectivity index (χ0) is 17.7. The second-order valence-electron chi connectivity index (χ2n) is 7.58. The van der Waals surface area contributed by atoms with E-state index in [0.29, 0.717) is 18.0 Å². The topological polar surface area (TPSA) is 60.2 Å². The van der Waals surface area contributed by atoms with Crippen LogP contribution in [0.1, 0.15) is 45.1 Å². The van der Waals surface area contributed by atoms with Crippen molar-refractivity contribution in [2.45, 2.75) is 45.8 Å².